The SMILES string of the molecule is C#CCCCCNCc1cn(C)nc1C. The van der Waals surface area contributed by atoms with Gasteiger partial charge in [-0.15, -0.1) is 12.3 Å². The molecule has 0 bridgehead atoms. The fourth-order valence-electron chi connectivity index (χ4n) is 1.52. The largest absolute Gasteiger partial charge is 0.313 e. The molecular weight excluding hydrogens is 186 g/mol. The second-order valence-corrected chi connectivity index (χ2v) is 3.75. The maximum atomic E-state index is 5.18. The third kappa shape index (κ3) is 4.18. The van der Waals surface area contributed by atoms with Crippen molar-refractivity contribution in [3.63, 3.8) is 0 Å². The van der Waals surface area contributed by atoms with E-state index in [-0.39, 0.29) is 0 Å². The summed E-state index contributed by atoms with van der Waals surface area (Å²) in [4.78, 5) is 0. The molecule has 0 aliphatic carbocycles. The number of hydrogen-bond acceptors (Lipinski definition) is 2. The van der Waals surface area contributed by atoms with Crippen LogP contribution in [0, 0.1) is 19.3 Å². The summed E-state index contributed by atoms with van der Waals surface area (Å²) in [6.07, 6.45) is 10.4. The average Bonchev–Trinajstić information content (AvgIpc) is 2.51. The van der Waals surface area contributed by atoms with Crippen molar-refractivity contribution in [1.29, 1.82) is 0 Å². The van der Waals surface area contributed by atoms with Crippen LogP contribution in [0.1, 0.15) is 30.5 Å². The molecule has 0 atom stereocenters. The van der Waals surface area contributed by atoms with Gasteiger partial charge in [0, 0.05) is 31.8 Å². The fraction of sp³-hybridized carbons (Fsp3) is 0.583. The van der Waals surface area contributed by atoms with Crippen LogP contribution in [0.25, 0.3) is 0 Å². The average molecular weight is 205 g/mol. The van der Waals surface area contributed by atoms with E-state index in [4.69, 9.17) is 6.42 Å². The molecule has 0 aliphatic heterocycles. The molecule has 0 aromatic carbocycles. The molecular formula is C12H19N3. The molecule has 3 heteroatoms. The zero-order valence-corrected chi connectivity index (χ0v) is 9.58. The third-order valence-electron chi connectivity index (χ3n) is 2.36. The molecule has 3 nitrogen and oxygen atoms in total. The Morgan fingerprint density at radius 1 is 1.53 bits per heavy atom. The highest BCUT2D eigenvalue weighted by atomic mass is 15.2. The van der Waals surface area contributed by atoms with Crippen LogP contribution in [0.15, 0.2) is 6.20 Å². The van der Waals surface area contributed by atoms with Gasteiger partial charge in [-0.2, -0.15) is 5.10 Å². The highest BCUT2D eigenvalue weighted by Crippen LogP contribution is 2.03. The summed E-state index contributed by atoms with van der Waals surface area (Å²) >= 11 is 0. The van der Waals surface area contributed by atoms with Crippen LogP contribution in [-0.4, -0.2) is 16.3 Å². The topological polar surface area (TPSA) is 29.9 Å². The monoisotopic (exact) mass is 205 g/mol. The van der Waals surface area contributed by atoms with Crippen LogP contribution in [0.2, 0.25) is 0 Å². The first-order valence-corrected chi connectivity index (χ1v) is 5.37. The molecule has 1 N–H and O–H groups in total. The van der Waals surface area contributed by atoms with Crippen molar-refractivity contribution < 1.29 is 0 Å². The van der Waals surface area contributed by atoms with Crippen molar-refractivity contribution in [2.75, 3.05) is 6.54 Å². The number of rotatable bonds is 6. The maximum absolute atomic E-state index is 5.18. The molecule has 1 aromatic rings. The van der Waals surface area contributed by atoms with Crippen LogP contribution in [-0.2, 0) is 13.6 Å². The first kappa shape index (κ1) is 11.8. The van der Waals surface area contributed by atoms with E-state index in [1.54, 1.807) is 0 Å². The normalized spacial score (nSPS) is 10.2. The van der Waals surface area contributed by atoms with E-state index in [1.807, 2.05) is 18.7 Å². The number of terminal acetylenes is 1. The summed E-state index contributed by atoms with van der Waals surface area (Å²) in [5, 5.41) is 7.68. The number of nitrogens with one attached hydrogen (secondary N) is 1. The van der Waals surface area contributed by atoms with Crippen LogP contribution in [0.3, 0.4) is 0 Å². The Morgan fingerprint density at radius 3 is 2.93 bits per heavy atom. The van der Waals surface area contributed by atoms with Gasteiger partial charge in [0.25, 0.3) is 0 Å². The number of hydrogen-bond donors (Lipinski definition) is 1. The van der Waals surface area contributed by atoms with Gasteiger partial charge in [0.05, 0.1) is 5.69 Å². The molecule has 1 rings (SSSR count). The van der Waals surface area contributed by atoms with E-state index in [9.17, 15) is 0 Å². The Hall–Kier alpha value is -1.27. The van der Waals surface area contributed by atoms with E-state index < -0.39 is 0 Å². The minimum atomic E-state index is 0.883. The number of unbranched alkanes of at least 4 members (excludes halogenated alkanes) is 2. The van der Waals surface area contributed by atoms with E-state index in [1.165, 1.54) is 5.56 Å². The lowest BCUT2D eigenvalue weighted by Gasteiger charge is -2.02. The van der Waals surface area contributed by atoms with Crippen LogP contribution in [0.4, 0.5) is 0 Å². The molecule has 0 aliphatic rings. The van der Waals surface area contributed by atoms with Crippen molar-refractivity contribution in [2.45, 2.75) is 32.7 Å². The highest BCUT2D eigenvalue weighted by molar-refractivity contribution is 5.14. The summed E-state index contributed by atoms with van der Waals surface area (Å²) in [5.74, 6) is 2.65. The van der Waals surface area contributed by atoms with Gasteiger partial charge in [-0.25, -0.2) is 0 Å². The van der Waals surface area contributed by atoms with E-state index >= 15 is 0 Å². The zero-order valence-electron chi connectivity index (χ0n) is 9.58. The van der Waals surface area contributed by atoms with Crippen LogP contribution in [0.5, 0.6) is 0 Å². The summed E-state index contributed by atoms with van der Waals surface area (Å²) in [6.45, 7) is 3.96. The second-order valence-electron chi connectivity index (χ2n) is 3.75. The van der Waals surface area contributed by atoms with Crippen molar-refractivity contribution in [2.24, 2.45) is 7.05 Å². The standard InChI is InChI=1S/C12H19N3/c1-4-5-6-7-8-13-9-12-10-15(3)14-11(12)2/h1,10,13H,5-9H2,2-3H3. The Morgan fingerprint density at radius 2 is 2.33 bits per heavy atom. The molecule has 0 fully saturated rings. The number of nitrogens with zero attached hydrogens (tertiary/aromatic N) is 2. The van der Waals surface area contributed by atoms with Gasteiger partial charge in [-0.05, 0) is 26.3 Å². The molecule has 0 saturated carbocycles. The summed E-state index contributed by atoms with van der Waals surface area (Å²) in [5.41, 5.74) is 2.38. The van der Waals surface area contributed by atoms with Gasteiger partial charge in [0.2, 0.25) is 0 Å². The van der Waals surface area contributed by atoms with Crippen molar-refractivity contribution in [1.82, 2.24) is 15.1 Å². The van der Waals surface area contributed by atoms with Gasteiger partial charge in [0.15, 0.2) is 0 Å². The molecule has 0 amide bonds. The van der Waals surface area contributed by atoms with Crippen molar-refractivity contribution in [3.05, 3.63) is 17.5 Å². The molecule has 1 heterocycles. The van der Waals surface area contributed by atoms with Gasteiger partial charge < -0.3 is 5.32 Å². The van der Waals surface area contributed by atoms with E-state index in [2.05, 4.69) is 22.5 Å². The lowest BCUT2D eigenvalue weighted by Crippen LogP contribution is -2.14. The summed E-state index contributed by atoms with van der Waals surface area (Å²) < 4.78 is 1.85. The lowest BCUT2D eigenvalue weighted by molar-refractivity contribution is 0.628. The zero-order chi connectivity index (χ0) is 11.1. The Kier molecular flexibility index (Phi) is 4.92. The molecule has 0 spiro atoms. The minimum absolute atomic E-state index is 0.883. The summed E-state index contributed by atoms with van der Waals surface area (Å²) in [7, 11) is 1.95. The molecule has 1 aromatic heterocycles. The maximum Gasteiger partial charge on any atom is 0.0638 e. The minimum Gasteiger partial charge on any atom is -0.313 e. The summed E-state index contributed by atoms with van der Waals surface area (Å²) in [6, 6.07) is 0. The molecule has 15 heavy (non-hydrogen) atoms. The molecule has 0 unspecified atom stereocenters. The Bertz CT molecular complexity index is 333. The quantitative estimate of drug-likeness (QED) is 0.565. The second kappa shape index (κ2) is 6.26. The highest BCUT2D eigenvalue weighted by Gasteiger charge is 2.01. The van der Waals surface area contributed by atoms with Crippen molar-refractivity contribution >= 4 is 0 Å². The van der Waals surface area contributed by atoms with Gasteiger partial charge in [-0.1, -0.05) is 0 Å². The number of aromatic nitrogens is 2. The van der Waals surface area contributed by atoms with Gasteiger partial charge >= 0.3 is 0 Å². The van der Waals surface area contributed by atoms with Gasteiger partial charge in [0.1, 0.15) is 0 Å². The Labute approximate surface area is 91.9 Å². The Balaban J connectivity index is 2.15. The van der Waals surface area contributed by atoms with Crippen LogP contribution < -0.4 is 5.32 Å². The molecule has 82 valence electrons. The van der Waals surface area contributed by atoms with Crippen LogP contribution >= 0.6 is 0 Å². The molecule has 0 radical (unpaired) electrons. The number of aryl methyl sites for hydroxylation is 2. The van der Waals surface area contributed by atoms with Gasteiger partial charge in [-0.3, -0.25) is 4.68 Å². The van der Waals surface area contributed by atoms with E-state index in [0.717, 1.165) is 38.0 Å². The fourth-order valence-corrected chi connectivity index (χ4v) is 1.52. The predicted molar refractivity (Wildman–Crippen MR) is 62.3 cm³/mol. The van der Waals surface area contributed by atoms with E-state index in [0.29, 0.717) is 0 Å². The lowest BCUT2D eigenvalue weighted by atomic mass is 10.2. The first-order chi connectivity index (χ1) is 7.24. The third-order valence-corrected chi connectivity index (χ3v) is 2.36. The predicted octanol–water partition coefficient (Wildman–Crippen LogP) is 1.62. The smallest absolute Gasteiger partial charge is 0.0638 e. The first-order valence-electron chi connectivity index (χ1n) is 5.37. The molecule has 0 saturated heterocycles. The van der Waals surface area contributed by atoms with Crippen molar-refractivity contribution in [3.8, 4) is 12.3 Å².